The smallest absolute Gasteiger partial charge is 0.243 e. The highest BCUT2D eigenvalue weighted by atomic mass is 16.2. The number of hydrogen-bond donors (Lipinski definition) is 1. The molecule has 30 heavy (non-hydrogen) atoms. The average Bonchev–Trinajstić information content (AvgIpc) is 2.73. The first-order valence-electron chi connectivity index (χ1n) is 11.1. The first kappa shape index (κ1) is 23.7. The van der Waals surface area contributed by atoms with Gasteiger partial charge in [-0.3, -0.25) is 9.59 Å². The predicted molar refractivity (Wildman–Crippen MR) is 123 cm³/mol. The van der Waals surface area contributed by atoms with Crippen LogP contribution in [-0.4, -0.2) is 28.8 Å². The van der Waals surface area contributed by atoms with Gasteiger partial charge in [0.2, 0.25) is 11.8 Å². The van der Waals surface area contributed by atoms with Crippen LogP contribution in [0.15, 0.2) is 48.5 Å². The monoisotopic (exact) mass is 408 g/mol. The van der Waals surface area contributed by atoms with Crippen LogP contribution < -0.4 is 5.32 Å². The van der Waals surface area contributed by atoms with Gasteiger partial charge in [0.1, 0.15) is 6.04 Å². The number of rotatable bonds is 10. The van der Waals surface area contributed by atoms with Crippen molar-refractivity contribution in [1.82, 2.24) is 10.2 Å². The van der Waals surface area contributed by atoms with E-state index in [1.807, 2.05) is 52.0 Å². The second-order valence-electron chi connectivity index (χ2n) is 8.21. The highest BCUT2D eigenvalue weighted by Gasteiger charge is 2.29. The molecule has 0 aliphatic heterocycles. The number of aryl methyl sites for hydroxylation is 3. The minimum Gasteiger partial charge on any atom is -0.352 e. The molecular weight excluding hydrogens is 372 g/mol. The molecule has 0 saturated carbocycles. The molecular formula is C26H36N2O2. The van der Waals surface area contributed by atoms with Gasteiger partial charge >= 0.3 is 0 Å². The zero-order valence-electron chi connectivity index (χ0n) is 19.1. The predicted octanol–water partition coefficient (Wildman–Crippen LogP) is 4.82. The standard InChI is InChI=1S/C26H36N2O2/c1-6-21-12-14-22(15-13-21)16-17-25(29)28(18-23-11-9-8-10-20(23)5)24(7-2)26(30)27-19(3)4/h8-15,19,24H,6-7,16-18H2,1-5H3,(H,27,30). The topological polar surface area (TPSA) is 49.4 Å². The molecule has 2 aromatic rings. The second-order valence-corrected chi connectivity index (χ2v) is 8.21. The van der Waals surface area contributed by atoms with Crippen molar-refractivity contribution in [3.63, 3.8) is 0 Å². The van der Waals surface area contributed by atoms with Crippen molar-refractivity contribution in [2.24, 2.45) is 0 Å². The minimum absolute atomic E-state index is 0.0172. The van der Waals surface area contributed by atoms with Crippen molar-refractivity contribution >= 4 is 11.8 Å². The molecule has 0 fully saturated rings. The summed E-state index contributed by atoms with van der Waals surface area (Å²) in [7, 11) is 0. The lowest BCUT2D eigenvalue weighted by molar-refractivity contribution is -0.141. The Kier molecular flexibility index (Phi) is 9.10. The highest BCUT2D eigenvalue weighted by molar-refractivity contribution is 5.87. The molecule has 162 valence electrons. The lowest BCUT2D eigenvalue weighted by atomic mass is 10.0. The van der Waals surface area contributed by atoms with Crippen LogP contribution >= 0.6 is 0 Å². The Balaban J connectivity index is 2.20. The van der Waals surface area contributed by atoms with Crippen molar-refractivity contribution in [3.05, 3.63) is 70.8 Å². The average molecular weight is 409 g/mol. The summed E-state index contributed by atoms with van der Waals surface area (Å²) in [6.45, 7) is 10.5. The van der Waals surface area contributed by atoms with Crippen LogP contribution in [0.4, 0.5) is 0 Å². The molecule has 2 aromatic carbocycles. The second kappa shape index (κ2) is 11.5. The third kappa shape index (κ3) is 6.72. The molecule has 4 heteroatoms. The lowest BCUT2D eigenvalue weighted by Gasteiger charge is -2.31. The van der Waals surface area contributed by atoms with Crippen molar-refractivity contribution in [3.8, 4) is 0 Å². The molecule has 0 spiro atoms. The Bertz CT molecular complexity index is 827. The van der Waals surface area contributed by atoms with Crippen molar-refractivity contribution < 1.29 is 9.59 Å². The van der Waals surface area contributed by atoms with Gasteiger partial charge in [-0.1, -0.05) is 62.4 Å². The quantitative estimate of drug-likeness (QED) is 0.613. The molecule has 4 nitrogen and oxygen atoms in total. The van der Waals surface area contributed by atoms with Gasteiger partial charge in [0.25, 0.3) is 0 Å². The number of amides is 2. The van der Waals surface area contributed by atoms with E-state index in [9.17, 15) is 9.59 Å². The largest absolute Gasteiger partial charge is 0.352 e. The van der Waals surface area contributed by atoms with Crippen molar-refractivity contribution in [1.29, 1.82) is 0 Å². The summed E-state index contributed by atoms with van der Waals surface area (Å²) in [6.07, 6.45) is 2.66. The van der Waals surface area contributed by atoms with Gasteiger partial charge in [-0.05, 0) is 62.3 Å². The Morgan fingerprint density at radius 2 is 1.60 bits per heavy atom. The summed E-state index contributed by atoms with van der Waals surface area (Å²) in [5.74, 6) is -0.0645. The molecule has 1 N–H and O–H groups in total. The molecule has 1 atom stereocenters. The number of nitrogens with zero attached hydrogens (tertiary/aromatic N) is 1. The summed E-state index contributed by atoms with van der Waals surface area (Å²) >= 11 is 0. The fourth-order valence-electron chi connectivity index (χ4n) is 3.61. The van der Waals surface area contributed by atoms with Gasteiger partial charge in [-0.15, -0.1) is 0 Å². The van der Waals surface area contributed by atoms with Crippen molar-refractivity contribution in [2.45, 2.75) is 78.9 Å². The molecule has 0 aromatic heterocycles. The molecule has 0 aliphatic carbocycles. The molecule has 2 amide bonds. The first-order chi connectivity index (χ1) is 14.3. The van der Waals surface area contributed by atoms with Crippen LogP contribution in [0.2, 0.25) is 0 Å². The van der Waals surface area contributed by atoms with Gasteiger partial charge < -0.3 is 10.2 Å². The Morgan fingerprint density at radius 1 is 0.967 bits per heavy atom. The number of benzene rings is 2. The molecule has 0 bridgehead atoms. The van der Waals surface area contributed by atoms with Gasteiger partial charge in [-0.25, -0.2) is 0 Å². The summed E-state index contributed by atoms with van der Waals surface area (Å²) in [4.78, 5) is 27.9. The Hall–Kier alpha value is -2.62. The maximum atomic E-state index is 13.3. The van der Waals surface area contributed by atoms with Gasteiger partial charge in [0, 0.05) is 19.0 Å². The third-order valence-electron chi connectivity index (χ3n) is 5.48. The maximum Gasteiger partial charge on any atom is 0.243 e. The van der Waals surface area contributed by atoms with Gasteiger partial charge in [-0.2, -0.15) is 0 Å². The van der Waals surface area contributed by atoms with Gasteiger partial charge in [0.15, 0.2) is 0 Å². The van der Waals surface area contributed by atoms with Crippen LogP contribution in [0.3, 0.4) is 0 Å². The van der Waals surface area contributed by atoms with Crippen LogP contribution in [0.5, 0.6) is 0 Å². The highest BCUT2D eigenvalue weighted by Crippen LogP contribution is 2.18. The van der Waals surface area contributed by atoms with E-state index in [1.165, 1.54) is 5.56 Å². The van der Waals surface area contributed by atoms with E-state index in [1.54, 1.807) is 4.90 Å². The van der Waals surface area contributed by atoms with E-state index in [0.29, 0.717) is 25.8 Å². The SMILES string of the molecule is CCc1ccc(CCC(=O)N(Cc2ccccc2C)C(CC)C(=O)NC(C)C)cc1. The maximum absolute atomic E-state index is 13.3. The summed E-state index contributed by atoms with van der Waals surface area (Å²) in [5.41, 5.74) is 4.65. The summed E-state index contributed by atoms with van der Waals surface area (Å²) < 4.78 is 0. The molecule has 1 unspecified atom stereocenters. The van der Waals surface area contributed by atoms with E-state index in [-0.39, 0.29) is 17.9 Å². The fraction of sp³-hybridized carbons (Fsp3) is 0.462. The number of carbonyl (C=O) groups excluding carboxylic acids is 2. The van der Waals surface area contributed by atoms with E-state index < -0.39 is 6.04 Å². The van der Waals surface area contributed by atoms with E-state index >= 15 is 0 Å². The summed E-state index contributed by atoms with van der Waals surface area (Å²) in [6, 6.07) is 16.1. The normalized spacial score (nSPS) is 11.9. The van der Waals surface area contributed by atoms with Crippen LogP contribution in [0.1, 0.15) is 62.8 Å². The summed E-state index contributed by atoms with van der Waals surface area (Å²) in [5, 5.41) is 2.98. The van der Waals surface area contributed by atoms with E-state index in [2.05, 4.69) is 36.5 Å². The molecule has 0 aliphatic rings. The molecule has 2 rings (SSSR count). The van der Waals surface area contributed by atoms with E-state index in [4.69, 9.17) is 0 Å². The molecule has 0 radical (unpaired) electrons. The number of carbonyl (C=O) groups is 2. The van der Waals surface area contributed by atoms with Crippen LogP contribution in [0, 0.1) is 6.92 Å². The van der Waals surface area contributed by atoms with Gasteiger partial charge in [0.05, 0.1) is 0 Å². The number of hydrogen-bond acceptors (Lipinski definition) is 2. The fourth-order valence-corrected chi connectivity index (χ4v) is 3.61. The Morgan fingerprint density at radius 3 is 2.17 bits per heavy atom. The van der Waals surface area contributed by atoms with Crippen LogP contribution in [0.25, 0.3) is 0 Å². The van der Waals surface area contributed by atoms with Crippen LogP contribution in [-0.2, 0) is 29.0 Å². The molecule has 0 saturated heterocycles. The number of nitrogens with one attached hydrogen (secondary N) is 1. The minimum atomic E-state index is -0.470. The van der Waals surface area contributed by atoms with Crippen molar-refractivity contribution in [2.75, 3.05) is 0 Å². The third-order valence-corrected chi connectivity index (χ3v) is 5.48. The zero-order chi connectivity index (χ0) is 22.1. The first-order valence-corrected chi connectivity index (χ1v) is 11.1. The lowest BCUT2D eigenvalue weighted by Crippen LogP contribution is -2.50. The Labute approximate surface area is 181 Å². The van der Waals surface area contributed by atoms with E-state index in [0.717, 1.165) is 23.1 Å². The molecule has 0 heterocycles. The zero-order valence-corrected chi connectivity index (χ0v) is 19.1.